The number of ether oxygens (including phenoxy) is 1. The Morgan fingerprint density at radius 3 is 2.58 bits per heavy atom. The van der Waals surface area contributed by atoms with Gasteiger partial charge >= 0.3 is 0 Å². The number of aromatic nitrogens is 4. The van der Waals surface area contributed by atoms with Crippen molar-refractivity contribution < 1.29 is 13.2 Å². The highest BCUT2D eigenvalue weighted by atomic mass is 32.2. The lowest BCUT2D eigenvalue weighted by molar-refractivity contribution is 0.257. The van der Waals surface area contributed by atoms with E-state index in [1.54, 1.807) is 22.1 Å². The Labute approximate surface area is 180 Å². The van der Waals surface area contributed by atoms with Gasteiger partial charge in [-0.2, -0.15) is 15.5 Å². The molecule has 1 N–H and O–H groups in total. The van der Waals surface area contributed by atoms with Crippen LogP contribution in [0.1, 0.15) is 24.4 Å². The summed E-state index contributed by atoms with van der Waals surface area (Å²) >= 11 is 0. The smallest absolute Gasteiger partial charge is 0.219 e. The molecular formula is C20H23N7O3S. The third-order valence-electron chi connectivity index (χ3n) is 6.17. The van der Waals surface area contributed by atoms with Gasteiger partial charge in [-0.25, -0.2) is 17.2 Å². The first-order valence-corrected chi connectivity index (χ1v) is 11.7. The molecule has 0 spiro atoms. The van der Waals surface area contributed by atoms with Crippen LogP contribution in [0.4, 0.5) is 0 Å². The number of sulfonamides is 1. The molecule has 0 unspecified atom stereocenters. The van der Waals surface area contributed by atoms with Crippen molar-refractivity contribution in [1.82, 2.24) is 29.0 Å². The number of hydrogen-bond acceptors (Lipinski definition) is 7. The van der Waals surface area contributed by atoms with Gasteiger partial charge in [0.05, 0.1) is 25.5 Å². The van der Waals surface area contributed by atoms with Gasteiger partial charge in [0.15, 0.2) is 0 Å². The Morgan fingerprint density at radius 1 is 1.16 bits per heavy atom. The van der Waals surface area contributed by atoms with Crippen molar-refractivity contribution in [2.45, 2.75) is 24.1 Å². The molecule has 0 bridgehead atoms. The molecule has 0 aromatic carbocycles. The molecule has 11 heteroatoms. The minimum atomic E-state index is -3.20. The predicted molar refractivity (Wildman–Crippen MR) is 113 cm³/mol. The molecule has 10 nitrogen and oxygen atoms in total. The van der Waals surface area contributed by atoms with E-state index in [9.17, 15) is 13.7 Å². The predicted octanol–water partition coefficient (Wildman–Crippen LogP) is 1.02. The fourth-order valence-corrected chi connectivity index (χ4v) is 6.01. The van der Waals surface area contributed by atoms with Crippen molar-refractivity contribution in [2.24, 2.45) is 0 Å². The second kappa shape index (κ2) is 7.64. The number of piperidine rings is 1. The molecule has 2 saturated heterocycles. The zero-order valence-corrected chi connectivity index (χ0v) is 17.9. The van der Waals surface area contributed by atoms with Crippen LogP contribution in [-0.4, -0.2) is 70.7 Å². The summed E-state index contributed by atoms with van der Waals surface area (Å²) in [5.41, 5.74) is 2.88. The van der Waals surface area contributed by atoms with E-state index in [1.165, 1.54) is 6.20 Å². The van der Waals surface area contributed by atoms with E-state index in [-0.39, 0.29) is 11.3 Å². The Hall–Kier alpha value is -2.94. The summed E-state index contributed by atoms with van der Waals surface area (Å²) in [4.78, 5) is 0. The molecule has 5 heterocycles. The number of rotatable bonds is 5. The Kier molecular flexibility index (Phi) is 4.92. The average Bonchev–Trinajstić information content (AvgIpc) is 3.39. The molecule has 31 heavy (non-hydrogen) atoms. The normalized spacial score (nSPS) is 18.7. The highest BCUT2D eigenvalue weighted by Crippen LogP contribution is 2.31. The van der Waals surface area contributed by atoms with E-state index in [0.29, 0.717) is 43.0 Å². The van der Waals surface area contributed by atoms with Crippen LogP contribution in [0.2, 0.25) is 0 Å². The van der Waals surface area contributed by atoms with Gasteiger partial charge in [-0.3, -0.25) is 4.68 Å². The molecule has 5 rings (SSSR count). The van der Waals surface area contributed by atoms with Crippen LogP contribution in [0.5, 0.6) is 5.75 Å². The Morgan fingerprint density at radius 2 is 1.94 bits per heavy atom. The second-order valence-electron chi connectivity index (χ2n) is 7.92. The molecule has 0 aliphatic carbocycles. The first-order chi connectivity index (χ1) is 15.0. The van der Waals surface area contributed by atoms with Crippen molar-refractivity contribution in [1.29, 1.82) is 5.26 Å². The molecule has 2 aliphatic heterocycles. The van der Waals surface area contributed by atoms with Gasteiger partial charge in [0, 0.05) is 49.7 Å². The van der Waals surface area contributed by atoms with Crippen LogP contribution >= 0.6 is 0 Å². The topological polar surface area (TPSA) is 118 Å². The summed E-state index contributed by atoms with van der Waals surface area (Å²) in [6.07, 6.45) is 8.59. The van der Waals surface area contributed by atoms with Crippen LogP contribution in [0, 0.1) is 11.3 Å². The summed E-state index contributed by atoms with van der Waals surface area (Å²) in [6, 6.07) is 4.16. The molecule has 3 aromatic rings. The summed E-state index contributed by atoms with van der Waals surface area (Å²) in [6.45, 7) is 2.13. The Bertz CT molecular complexity index is 1260. The number of nitrogens with zero attached hydrogens (tertiary/aromatic N) is 6. The van der Waals surface area contributed by atoms with Crippen molar-refractivity contribution in [3.8, 4) is 22.9 Å². The van der Waals surface area contributed by atoms with Crippen LogP contribution in [0.3, 0.4) is 0 Å². The third kappa shape index (κ3) is 3.37. The molecule has 2 fully saturated rings. The molecule has 162 valence electrons. The van der Waals surface area contributed by atoms with Crippen LogP contribution in [-0.2, 0) is 10.0 Å². The molecule has 3 aromatic heterocycles. The van der Waals surface area contributed by atoms with E-state index in [2.05, 4.69) is 21.6 Å². The Balaban J connectivity index is 1.35. The monoisotopic (exact) mass is 441 g/mol. The van der Waals surface area contributed by atoms with Gasteiger partial charge in [0.25, 0.3) is 0 Å². The van der Waals surface area contributed by atoms with Gasteiger partial charge < -0.3 is 10.1 Å². The first kappa shape index (κ1) is 20.0. The number of nitrogens with one attached hydrogen (secondary N) is 1. The van der Waals surface area contributed by atoms with Crippen molar-refractivity contribution in [3.63, 3.8) is 0 Å². The lowest BCUT2D eigenvalue weighted by atomic mass is 10.1. The lowest BCUT2D eigenvalue weighted by Crippen LogP contribution is -2.57. The van der Waals surface area contributed by atoms with Gasteiger partial charge in [-0.1, -0.05) is 0 Å². The van der Waals surface area contributed by atoms with E-state index >= 15 is 0 Å². The number of hydrogen-bond donors (Lipinski definition) is 1. The molecule has 0 radical (unpaired) electrons. The second-order valence-corrected chi connectivity index (χ2v) is 10.1. The summed E-state index contributed by atoms with van der Waals surface area (Å²) < 4.78 is 35.9. The minimum Gasteiger partial charge on any atom is -0.494 e. The summed E-state index contributed by atoms with van der Waals surface area (Å²) in [7, 11) is -1.64. The molecule has 2 aliphatic rings. The lowest BCUT2D eigenvalue weighted by Gasteiger charge is -2.36. The van der Waals surface area contributed by atoms with Crippen LogP contribution in [0.25, 0.3) is 16.6 Å². The first-order valence-electron chi connectivity index (χ1n) is 10.2. The number of methoxy groups -OCH3 is 1. The van der Waals surface area contributed by atoms with Gasteiger partial charge in [-0.15, -0.1) is 0 Å². The average molecular weight is 442 g/mol. The standard InChI is InChI=1S/C20H23N7O3S/c1-30-19-6-14(12-27-20(19)15(7-21)8-24-27)16-9-23-26(13-16)17-2-4-25(5-3-17)31(28,29)18-10-22-11-18/h6,8-9,12-13,17-18,22H,2-5,10-11H2,1H3. The van der Waals surface area contributed by atoms with Crippen molar-refractivity contribution >= 4 is 15.5 Å². The summed E-state index contributed by atoms with van der Waals surface area (Å²) in [5, 5.41) is 20.8. The number of fused-ring (bicyclic) bond motifs is 1. The van der Waals surface area contributed by atoms with Crippen LogP contribution < -0.4 is 10.1 Å². The fraction of sp³-hybridized carbons (Fsp3) is 0.450. The van der Waals surface area contributed by atoms with E-state index in [0.717, 1.165) is 24.0 Å². The highest BCUT2D eigenvalue weighted by Gasteiger charge is 2.38. The van der Waals surface area contributed by atoms with E-state index in [1.807, 2.05) is 23.1 Å². The van der Waals surface area contributed by atoms with Crippen molar-refractivity contribution in [2.75, 3.05) is 33.3 Å². The van der Waals surface area contributed by atoms with E-state index < -0.39 is 10.0 Å². The summed E-state index contributed by atoms with van der Waals surface area (Å²) in [5.74, 6) is 0.572. The zero-order chi connectivity index (χ0) is 21.6. The maximum atomic E-state index is 12.6. The maximum Gasteiger partial charge on any atom is 0.219 e. The van der Waals surface area contributed by atoms with Gasteiger partial charge in [-0.05, 0) is 18.9 Å². The largest absolute Gasteiger partial charge is 0.494 e. The molecule has 0 amide bonds. The third-order valence-corrected chi connectivity index (χ3v) is 8.44. The van der Waals surface area contributed by atoms with Crippen molar-refractivity contribution in [3.05, 3.63) is 36.4 Å². The van der Waals surface area contributed by atoms with Gasteiger partial charge in [0.1, 0.15) is 28.1 Å². The minimum absolute atomic E-state index is 0.153. The quantitative estimate of drug-likeness (QED) is 0.628. The molecular weight excluding hydrogens is 418 g/mol. The zero-order valence-electron chi connectivity index (χ0n) is 17.1. The van der Waals surface area contributed by atoms with Crippen LogP contribution in [0.15, 0.2) is 30.9 Å². The maximum absolute atomic E-state index is 12.6. The number of pyridine rings is 1. The fourth-order valence-electron chi connectivity index (χ4n) is 4.21. The SMILES string of the molecule is COc1cc(-c2cnn(C3CCN(S(=O)(=O)C4CNC4)CC3)c2)cn2ncc(C#N)c12. The van der Waals surface area contributed by atoms with E-state index in [4.69, 9.17) is 4.74 Å². The molecule has 0 saturated carbocycles. The highest BCUT2D eigenvalue weighted by molar-refractivity contribution is 7.89. The van der Waals surface area contributed by atoms with Gasteiger partial charge in [0.2, 0.25) is 10.0 Å². The molecule has 0 atom stereocenters. The number of nitriles is 1.